The Bertz CT molecular complexity index is 1020. The van der Waals surface area contributed by atoms with Gasteiger partial charge in [0.15, 0.2) is 0 Å². The molecule has 1 amide bonds. The highest BCUT2D eigenvalue weighted by Gasteiger charge is 2.20. The molecule has 0 aliphatic heterocycles. The highest BCUT2D eigenvalue weighted by Crippen LogP contribution is 2.16. The first-order valence-corrected chi connectivity index (χ1v) is 27.7. The van der Waals surface area contributed by atoms with E-state index in [1.54, 1.807) is 0 Å². The van der Waals surface area contributed by atoms with E-state index >= 15 is 0 Å². The Hall–Kier alpha value is -1.92. The fourth-order valence-corrected chi connectivity index (χ4v) is 8.37. The van der Waals surface area contributed by atoms with Crippen LogP contribution in [0.4, 0.5) is 0 Å². The molecule has 0 aliphatic carbocycles. The van der Waals surface area contributed by atoms with Crippen LogP contribution >= 0.6 is 0 Å². The molecule has 0 saturated carbocycles. The zero-order valence-electron chi connectivity index (χ0n) is 42.1. The summed E-state index contributed by atoms with van der Waals surface area (Å²) in [6, 6.07) is -0.547. The Balaban J connectivity index is 3.42. The van der Waals surface area contributed by atoms with Crippen molar-refractivity contribution in [1.82, 2.24) is 5.32 Å². The first-order chi connectivity index (χ1) is 31.0. The number of rotatable bonds is 51. The number of allylic oxidation sites excluding steroid dienone is 6. The molecule has 0 aliphatic rings. The summed E-state index contributed by atoms with van der Waals surface area (Å²) in [5.74, 6) is -0.0512. The molecule has 3 N–H and O–H groups in total. The van der Waals surface area contributed by atoms with Crippen LogP contribution in [0.5, 0.6) is 0 Å². The lowest BCUT2D eigenvalue weighted by Gasteiger charge is -2.22. The number of esters is 1. The zero-order chi connectivity index (χ0) is 45.8. The van der Waals surface area contributed by atoms with Gasteiger partial charge in [-0.1, -0.05) is 230 Å². The lowest BCUT2D eigenvalue weighted by Crippen LogP contribution is -2.45. The average Bonchev–Trinajstić information content (AvgIpc) is 3.28. The maximum absolute atomic E-state index is 12.4. The topological polar surface area (TPSA) is 95.9 Å². The third-order valence-corrected chi connectivity index (χ3v) is 12.7. The molecule has 2 atom stereocenters. The molecule has 2 unspecified atom stereocenters. The third kappa shape index (κ3) is 49.4. The zero-order valence-corrected chi connectivity index (χ0v) is 42.1. The molecule has 0 rings (SSSR count). The van der Waals surface area contributed by atoms with Crippen LogP contribution in [0.1, 0.15) is 290 Å². The van der Waals surface area contributed by atoms with Gasteiger partial charge in [-0.05, 0) is 83.5 Å². The number of aliphatic hydroxyl groups is 2. The standard InChI is InChI=1S/C57H107NO5/c1-3-5-7-9-11-13-15-16-17-21-25-28-31-35-39-43-47-51-57(62)63-52-48-44-40-36-32-29-26-23-20-18-19-22-24-27-30-34-38-42-46-50-56(61)58-54(53-59)55(60)49-45-41-37-33-14-12-10-8-6-4-2/h11,13,16-19,54-55,59-60H,3-10,12,14-15,20-53H2,1-2H3,(H,58,61)/b13-11-,17-16-,19-18-. The largest absolute Gasteiger partial charge is 0.466 e. The number of carbonyl (C=O) groups is 2. The van der Waals surface area contributed by atoms with Crippen molar-refractivity contribution in [2.45, 2.75) is 302 Å². The second kappa shape index (κ2) is 52.7. The Morgan fingerprint density at radius 1 is 0.444 bits per heavy atom. The summed E-state index contributed by atoms with van der Waals surface area (Å²) >= 11 is 0. The second-order valence-corrected chi connectivity index (χ2v) is 18.9. The highest BCUT2D eigenvalue weighted by atomic mass is 16.5. The summed E-state index contributed by atoms with van der Waals surface area (Å²) in [6.07, 6.45) is 64.2. The molecule has 6 nitrogen and oxygen atoms in total. The van der Waals surface area contributed by atoms with Gasteiger partial charge in [-0.15, -0.1) is 0 Å². The van der Waals surface area contributed by atoms with Gasteiger partial charge < -0.3 is 20.3 Å². The van der Waals surface area contributed by atoms with Crippen LogP contribution in [0.2, 0.25) is 0 Å². The van der Waals surface area contributed by atoms with Crippen molar-refractivity contribution in [3.63, 3.8) is 0 Å². The molecule has 0 fully saturated rings. The summed E-state index contributed by atoms with van der Waals surface area (Å²) in [7, 11) is 0. The molecular formula is C57H107NO5. The SMILES string of the molecule is CCCCC/C=C\C/C=C\CCCCCCCCCC(=O)OCCCCCCCCCC/C=C\CCCCCCCCCC(=O)NC(CO)C(O)CCCCCCCCCCCC. The molecule has 0 aromatic rings. The van der Waals surface area contributed by atoms with Gasteiger partial charge in [-0.2, -0.15) is 0 Å². The van der Waals surface area contributed by atoms with E-state index < -0.39 is 12.1 Å². The Kier molecular flexibility index (Phi) is 51.1. The van der Waals surface area contributed by atoms with E-state index in [4.69, 9.17) is 4.74 Å². The third-order valence-electron chi connectivity index (χ3n) is 12.7. The quantitative estimate of drug-likeness (QED) is 0.0321. The van der Waals surface area contributed by atoms with Crippen molar-refractivity contribution in [3.8, 4) is 0 Å². The predicted molar refractivity (Wildman–Crippen MR) is 273 cm³/mol. The van der Waals surface area contributed by atoms with Gasteiger partial charge in [-0.3, -0.25) is 9.59 Å². The van der Waals surface area contributed by atoms with Gasteiger partial charge in [-0.25, -0.2) is 0 Å². The smallest absolute Gasteiger partial charge is 0.305 e. The average molecular weight is 886 g/mol. The molecule has 0 bridgehead atoms. The molecule has 0 saturated heterocycles. The summed E-state index contributed by atoms with van der Waals surface area (Å²) in [4.78, 5) is 24.5. The van der Waals surface area contributed by atoms with Gasteiger partial charge in [0.2, 0.25) is 5.91 Å². The number of hydrogen-bond donors (Lipinski definition) is 3. The molecule has 0 spiro atoms. The minimum Gasteiger partial charge on any atom is -0.466 e. The van der Waals surface area contributed by atoms with Crippen LogP contribution in [0.25, 0.3) is 0 Å². The van der Waals surface area contributed by atoms with Gasteiger partial charge in [0.1, 0.15) is 0 Å². The summed E-state index contributed by atoms with van der Waals surface area (Å²) in [5, 5.41) is 23.1. The number of unbranched alkanes of at least 4 members (excludes halogenated alkanes) is 34. The van der Waals surface area contributed by atoms with Gasteiger partial charge >= 0.3 is 5.97 Å². The van der Waals surface area contributed by atoms with Gasteiger partial charge in [0.05, 0.1) is 25.4 Å². The number of aliphatic hydroxyl groups excluding tert-OH is 2. The number of ether oxygens (including phenoxy) is 1. The van der Waals surface area contributed by atoms with Crippen LogP contribution in [-0.2, 0) is 14.3 Å². The van der Waals surface area contributed by atoms with Crippen LogP contribution in [0, 0.1) is 0 Å². The maximum atomic E-state index is 12.4. The molecule has 370 valence electrons. The minimum atomic E-state index is -0.669. The minimum absolute atomic E-state index is 0.00428. The number of hydrogen-bond acceptors (Lipinski definition) is 5. The summed E-state index contributed by atoms with van der Waals surface area (Å²) < 4.78 is 5.47. The van der Waals surface area contributed by atoms with Crippen molar-refractivity contribution in [2.24, 2.45) is 0 Å². The van der Waals surface area contributed by atoms with Crippen LogP contribution in [0.3, 0.4) is 0 Å². The summed E-state index contributed by atoms with van der Waals surface area (Å²) in [5.41, 5.74) is 0. The van der Waals surface area contributed by atoms with E-state index in [1.807, 2.05) is 0 Å². The number of carbonyl (C=O) groups excluding carboxylic acids is 2. The lowest BCUT2D eigenvalue weighted by molar-refractivity contribution is -0.143. The van der Waals surface area contributed by atoms with Crippen LogP contribution in [-0.4, -0.2) is 47.4 Å². The Labute approximate surface area is 392 Å². The maximum Gasteiger partial charge on any atom is 0.305 e. The predicted octanol–water partition coefficient (Wildman–Crippen LogP) is 16.9. The van der Waals surface area contributed by atoms with Crippen molar-refractivity contribution in [3.05, 3.63) is 36.5 Å². The van der Waals surface area contributed by atoms with E-state index in [9.17, 15) is 19.8 Å². The normalized spacial score (nSPS) is 12.9. The van der Waals surface area contributed by atoms with Crippen molar-refractivity contribution < 1.29 is 24.5 Å². The highest BCUT2D eigenvalue weighted by molar-refractivity contribution is 5.76. The molecule has 0 radical (unpaired) electrons. The Morgan fingerprint density at radius 3 is 1.25 bits per heavy atom. The first kappa shape index (κ1) is 61.1. The molecule has 0 heterocycles. The Morgan fingerprint density at radius 2 is 0.794 bits per heavy atom. The van der Waals surface area contributed by atoms with Crippen molar-refractivity contribution in [2.75, 3.05) is 13.2 Å². The molecular weight excluding hydrogens is 779 g/mol. The first-order valence-electron chi connectivity index (χ1n) is 27.7. The van der Waals surface area contributed by atoms with E-state index in [-0.39, 0.29) is 18.5 Å². The molecule has 63 heavy (non-hydrogen) atoms. The van der Waals surface area contributed by atoms with Crippen molar-refractivity contribution >= 4 is 11.9 Å². The fraction of sp³-hybridized carbons (Fsp3) is 0.860. The summed E-state index contributed by atoms with van der Waals surface area (Å²) in [6.45, 7) is 4.90. The lowest BCUT2D eigenvalue weighted by atomic mass is 10.0. The second-order valence-electron chi connectivity index (χ2n) is 18.9. The molecule has 6 heteroatoms. The van der Waals surface area contributed by atoms with Crippen LogP contribution in [0.15, 0.2) is 36.5 Å². The van der Waals surface area contributed by atoms with Gasteiger partial charge in [0.25, 0.3) is 0 Å². The van der Waals surface area contributed by atoms with E-state index in [1.165, 1.54) is 205 Å². The number of amides is 1. The van der Waals surface area contributed by atoms with E-state index in [0.29, 0.717) is 25.9 Å². The van der Waals surface area contributed by atoms with E-state index in [2.05, 4.69) is 55.6 Å². The van der Waals surface area contributed by atoms with Crippen molar-refractivity contribution in [1.29, 1.82) is 0 Å². The monoisotopic (exact) mass is 886 g/mol. The fourth-order valence-electron chi connectivity index (χ4n) is 8.37. The van der Waals surface area contributed by atoms with E-state index in [0.717, 1.165) is 51.4 Å². The van der Waals surface area contributed by atoms with Gasteiger partial charge in [0, 0.05) is 12.8 Å². The molecule has 0 aromatic heterocycles. The van der Waals surface area contributed by atoms with Crippen LogP contribution < -0.4 is 5.32 Å². The number of nitrogens with one attached hydrogen (secondary N) is 1. The molecule has 0 aromatic carbocycles.